The molecule has 6 aliphatic heterocycles. The summed E-state index contributed by atoms with van der Waals surface area (Å²) in [5.74, 6) is 6.37. The van der Waals surface area contributed by atoms with Crippen LogP contribution in [-0.2, 0) is 43.0 Å². The summed E-state index contributed by atoms with van der Waals surface area (Å²) < 4.78 is 32.7. The highest BCUT2D eigenvalue weighted by Gasteiger charge is 2.44. The Kier molecular flexibility index (Phi) is 39.5. The third-order valence-corrected chi connectivity index (χ3v) is 28.1. The number of urea groups is 2. The van der Waals surface area contributed by atoms with Gasteiger partial charge in [-0.25, -0.2) is 38.9 Å². The van der Waals surface area contributed by atoms with Crippen LogP contribution in [0.4, 0.5) is 21.2 Å². The van der Waals surface area contributed by atoms with Crippen LogP contribution in [0.1, 0.15) is 179 Å². The number of fused-ring (bicyclic) bond motifs is 4. The van der Waals surface area contributed by atoms with E-state index in [0.717, 1.165) is 163 Å². The number of ether oxygens (including phenoxy) is 5. The molecule has 8 aromatic rings. The van der Waals surface area contributed by atoms with E-state index in [1.165, 1.54) is 12.7 Å². The maximum absolute atomic E-state index is 13.4. The number of benzene rings is 4. The number of nitrogens with zero attached hydrogens (tertiary/aromatic N) is 12. The summed E-state index contributed by atoms with van der Waals surface area (Å²) in [6.45, 7) is 9.23. The van der Waals surface area contributed by atoms with Gasteiger partial charge in [0.2, 0.25) is 17.7 Å². The van der Waals surface area contributed by atoms with Gasteiger partial charge in [0.1, 0.15) is 76.0 Å². The molecule has 0 aliphatic carbocycles. The van der Waals surface area contributed by atoms with Crippen molar-refractivity contribution in [3.05, 3.63) is 146 Å². The Hall–Kier alpha value is -10.9. The molecule has 714 valence electrons. The standard InChI is InChI=1S/C59H83N9O9S.C40H50N10O4S/c1-66(33-16-27-53(72)67-34-15-17-45(41-67)68-58-54(57(60)61-43-62-58)55(65-68)44-28-30-50(31-29-44)77-49-24-5-2-6-25-49)32-11-3-4-18-47(70)22-14-23-48(71)21-10-13-36-75-38-40-76-39-37-74-35-12-9-20-46(69)19-7-8-26-52-56-51(42-78-52)63-59(73)64-56;1-48(21-8-7-20-42-33(51)13-6-5-12-32-37-31(25-55-32)45-40(53)46-37)22-9-14-34(52)49-23-19-28(24-49)50-39-35(38(41)43-26-44-39)36(47-50)27-15-17-30(18-16-27)54-29-10-3-2-4-11-29/h2,5-6,16,24-25,27-31,43,45,51-52,56H,3-4,7-15,17-23,26,32-42H2,1H3,(H2,60,61,62)(H2,63,64,73);2-4,9-11,14-18,26,28,31-32,37H,5-8,12-13,19-25H2,1H3,(H,42,51)(H2,41,43,44)(H2,45,46,53)/b27-16+;14-9+/t45-,51+,52+,56+;28-,31+,32?,37+/m11/s1. The summed E-state index contributed by atoms with van der Waals surface area (Å²) in [5, 5.41) is 27.3. The minimum absolute atomic E-state index is 0.0213. The van der Waals surface area contributed by atoms with Crippen molar-refractivity contribution < 1.29 is 62.0 Å². The molecule has 32 nitrogen and oxygen atoms in total. The predicted molar refractivity (Wildman–Crippen MR) is 519 cm³/mol. The molecule has 10 heterocycles. The molecule has 4 aromatic carbocycles. The third-order valence-electron chi connectivity index (χ3n) is 25.1. The lowest BCUT2D eigenvalue weighted by molar-refractivity contribution is -0.128. The fourth-order valence-electron chi connectivity index (χ4n) is 17.8. The number of aromatic nitrogens is 8. The van der Waals surface area contributed by atoms with Crippen LogP contribution < -0.4 is 47.5 Å². The first-order valence-corrected chi connectivity index (χ1v) is 49.9. The monoisotopic (exact) mass is 1860 g/mol. The highest BCUT2D eigenvalue weighted by molar-refractivity contribution is 8.00. The summed E-state index contributed by atoms with van der Waals surface area (Å²) in [7, 11) is 4.08. The van der Waals surface area contributed by atoms with Crippen LogP contribution in [0.25, 0.3) is 44.6 Å². The number of likely N-dealkylation sites (tertiary alicyclic amines) is 2. The second kappa shape index (κ2) is 52.7. The molecule has 6 saturated heterocycles. The first-order valence-electron chi connectivity index (χ1n) is 47.8. The summed E-state index contributed by atoms with van der Waals surface area (Å²) in [6, 6.07) is 35.4. The van der Waals surface area contributed by atoms with Crippen molar-refractivity contribution in [1.29, 1.82) is 0 Å². The number of Topliss-reactive ketones (excluding diaryl/α,β-unsaturated/α-hetero) is 3. The van der Waals surface area contributed by atoms with Gasteiger partial charge in [-0.05, 0) is 203 Å². The van der Waals surface area contributed by atoms with E-state index in [9.17, 15) is 38.4 Å². The molecule has 8 atom stereocenters. The highest BCUT2D eigenvalue weighted by Crippen LogP contribution is 2.40. The molecule has 6 fully saturated rings. The SMILES string of the molecule is CN(C/C=C/C(=O)N1CCC[C@@H](n2nc(-c3ccc(Oc4ccccc4)cc3)c3c(N)ncnc32)C1)CCCCCC(=O)CCCC(=O)CCCCOCCOCCOCCCCC(=O)CCCC[C@@H]1SC[C@@H]2NC(=O)N[C@@H]21.CN(C/C=C/C(=O)N1CC[C@@H](n2nc(-c3ccc(Oc4ccccc4)cc3)c3c(N)ncnc32)C1)CCCCNC(=O)CCCCC1SC[C@@H]2NC(=O)N[C@H]12. The summed E-state index contributed by atoms with van der Waals surface area (Å²) in [6.07, 6.45) is 30.5. The number of thioether (sulfide) groups is 2. The number of nitrogens with one attached hydrogen (secondary N) is 5. The van der Waals surface area contributed by atoms with Crippen LogP contribution in [0.2, 0.25) is 0 Å². The predicted octanol–water partition coefficient (Wildman–Crippen LogP) is 13.8. The average molecular weight is 1860 g/mol. The van der Waals surface area contributed by atoms with Crippen molar-refractivity contribution in [3.8, 4) is 45.5 Å². The number of nitrogens with two attached hydrogens (primary N) is 2. The van der Waals surface area contributed by atoms with Gasteiger partial charge in [-0.1, -0.05) is 67.8 Å². The van der Waals surface area contributed by atoms with E-state index in [2.05, 4.69) is 56.3 Å². The number of rotatable bonds is 55. The summed E-state index contributed by atoms with van der Waals surface area (Å²) in [5.41, 5.74) is 17.2. The Bertz CT molecular complexity index is 5130. The van der Waals surface area contributed by atoms with E-state index in [0.29, 0.717) is 210 Å². The fourth-order valence-corrected chi connectivity index (χ4v) is 20.9. The Labute approximate surface area is 788 Å². The van der Waals surface area contributed by atoms with Gasteiger partial charge in [0.05, 0.1) is 73.5 Å². The van der Waals surface area contributed by atoms with Gasteiger partial charge in [-0.2, -0.15) is 33.7 Å². The molecule has 0 radical (unpaired) electrons. The van der Waals surface area contributed by atoms with Crippen LogP contribution in [0.15, 0.2) is 146 Å². The van der Waals surface area contributed by atoms with E-state index in [4.69, 9.17) is 45.3 Å². The van der Waals surface area contributed by atoms with Crippen molar-refractivity contribution in [1.82, 2.24) is 85.7 Å². The number of piperidine rings is 1. The number of para-hydroxylation sites is 2. The van der Waals surface area contributed by atoms with E-state index in [1.807, 2.05) is 178 Å². The number of nitrogen functional groups attached to an aromatic ring is 2. The van der Waals surface area contributed by atoms with Crippen molar-refractivity contribution in [3.63, 3.8) is 0 Å². The molecule has 9 N–H and O–H groups in total. The Morgan fingerprint density at radius 2 is 0.887 bits per heavy atom. The number of hydrogen-bond acceptors (Lipinski definition) is 25. The van der Waals surface area contributed by atoms with E-state index in [-0.39, 0.29) is 77.6 Å². The lowest BCUT2D eigenvalue weighted by Gasteiger charge is -2.32. The van der Waals surface area contributed by atoms with Gasteiger partial charge < -0.3 is 81.3 Å². The molecule has 14 rings (SSSR count). The van der Waals surface area contributed by atoms with Crippen molar-refractivity contribution in [2.45, 2.75) is 214 Å². The van der Waals surface area contributed by atoms with Gasteiger partial charge in [0, 0.05) is 149 Å². The van der Waals surface area contributed by atoms with Gasteiger partial charge >= 0.3 is 12.1 Å². The first-order chi connectivity index (χ1) is 64.9. The van der Waals surface area contributed by atoms with Gasteiger partial charge in [0.25, 0.3) is 0 Å². The van der Waals surface area contributed by atoms with E-state index in [1.54, 1.807) is 12.2 Å². The smallest absolute Gasteiger partial charge is 0.315 e. The lowest BCUT2D eigenvalue weighted by Crippen LogP contribution is -2.40. The molecule has 6 aliphatic rings. The lowest BCUT2D eigenvalue weighted by atomic mass is 10.0. The number of anilines is 2. The van der Waals surface area contributed by atoms with Crippen molar-refractivity contribution in [2.24, 2.45) is 0 Å². The molecule has 34 heteroatoms. The quantitative estimate of drug-likeness (QED) is 0.0106. The first kappa shape index (κ1) is 99.6. The molecule has 0 saturated carbocycles. The van der Waals surface area contributed by atoms with Crippen LogP contribution in [-0.4, -0.2) is 265 Å². The van der Waals surface area contributed by atoms with Crippen LogP contribution in [0.5, 0.6) is 23.0 Å². The highest BCUT2D eigenvalue weighted by atomic mass is 32.2. The number of carbonyl (C=O) groups excluding carboxylic acids is 8. The Morgan fingerprint density at radius 3 is 1.38 bits per heavy atom. The van der Waals surface area contributed by atoms with E-state index < -0.39 is 0 Å². The number of likely N-dealkylation sites (N-methyl/N-ethyl adjacent to an activating group) is 2. The molecule has 0 bridgehead atoms. The maximum atomic E-state index is 13.4. The molecule has 1 unspecified atom stereocenters. The minimum atomic E-state index is -0.0763. The van der Waals surface area contributed by atoms with Crippen molar-refractivity contribution in [2.75, 3.05) is 136 Å². The number of amides is 7. The van der Waals surface area contributed by atoms with Crippen molar-refractivity contribution >= 4 is 104 Å². The largest absolute Gasteiger partial charge is 0.457 e. The number of carbonyl (C=O) groups is 8. The molecular weight excluding hydrogens is 1730 g/mol. The zero-order valence-corrected chi connectivity index (χ0v) is 78.7. The van der Waals surface area contributed by atoms with Crippen LogP contribution in [0, 0.1) is 0 Å². The van der Waals surface area contributed by atoms with Gasteiger partial charge in [-0.15, -0.1) is 0 Å². The number of ketones is 3. The molecule has 4 aromatic heterocycles. The Morgan fingerprint density at radius 1 is 0.466 bits per heavy atom. The Balaban J connectivity index is 0.000000239. The third kappa shape index (κ3) is 30.8. The fraction of sp³-hybridized carbons (Fsp3) is 0.535. The minimum Gasteiger partial charge on any atom is -0.457 e. The zero-order chi connectivity index (χ0) is 92.9. The molecule has 0 spiro atoms. The van der Waals surface area contributed by atoms with Gasteiger partial charge in [-0.3, -0.25) is 28.8 Å². The second-order valence-corrected chi connectivity index (χ2v) is 37.9. The van der Waals surface area contributed by atoms with E-state index >= 15 is 0 Å². The maximum Gasteiger partial charge on any atom is 0.315 e. The molecule has 7 amide bonds. The van der Waals surface area contributed by atoms with Gasteiger partial charge in [0.15, 0.2) is 11.3 Å². The number of unbranched alkanes of at least 4 members (excludes halogenated alkanes) is 7. The van der Waals surface area contributed by atoms with Crippen LogP contribution >= 0.6 is 23.5 Å². The second-order valence-electron chi connectivity index (χ2n) is 35.3. The van der Waals surface area contributed by atoms with Crippen LogP contribution in [0.3, 0.4) is 0 Å². The molecule has 133 heavy (non-hydrogen) atoms. The zero-order valence-electron chi connectivity index (χ0n) is 77.0. The summed E-state index contributed by atoms with van der Waals surface area (Å²) in [4.78, 5) is 125. The topological polar surface area (TPSA) is 395 Å². The number of hydrogen-bond donors (Lipinski definition) is 7. The molecular formula is C99H133N19O13S2. The normalized spacial score (nSPS) is 19.2. The summed E-state index contributed by atoms with van der Waals surface area (Å²) >= 11 is 3.83. The average Bonchev–Trinajstić information content (AvgIpc) is 1.60.